The lowest BCUT2D eigenvalue weighted by Gasteiger charge is -2.34. The van der Waals surface area contributed by atoms with E-state index in [-0.39, 0.29) is 36.6 Å². The number of aryl methyl sites for hydroxylation is 3. The second-order valence-corrected chi connectivity index (χ2v) is 12.2. The Bertz CT molecular complexity index is 1500. The highest BCUT2D eigenvalue weighted by Gasteiger charge is 2.37. The van der Waals surface area contributed by atoms with E-state index in [1.165, 1.54) is 15.9 Å². The Morgan fingerprint density at radius 2 is 1.52 bits per heavy atom. The summed E-state index contributed by atoms with van der Waals surface area (Å²) in [6, 6.07) is 5.85. The summed E-state index contributed by atoms with van der Waals surface area (Å²) in [4.78, 5) is 16.6. The standard InChI is InChI=1S/C32H38F6N6O2/c1-3-42(17-20-8-10-22(11-9-20)29(45)46)28-15-24-7-5-6-23(24)14-25(28)19-43(30-39-41-44(4-2)40-30)18-21-12-26(31(33,34)35)16-27(13-21)32(36,37)38/h12-16,20,22H,3-11,17-19H2,1-2H3,(H,45,46). The van der Waals surface area contributed by atoms with E-state index in [0.717, 1.165) is 55.5 Å². The Hall–Kier alpha value is -3.84. The minimum atomic E-state index is -4.97. The molecule has 0 radical (unpaired) electrons. The van der Waals surface area contributed by atoms with Crippen molar-refractivity contribution in [3.8, 4) is 0 Å². The summed E-state index contributed by atoms with van der Waals surface area (Å²) in [5.41, 5.74) is 1.25. The highest BCUT2D eigenvalue weighted by Crippen LogP contribution is 2.38. The lowest BCUT2D eigenvalue weighted by molar-refractivity contribution is -0.144. The molecule has 250 valence electrons. The highest BCUT2D eigenvalue weighted by molar-refractivity contribution is 5.70. The van der Waals surface area contributed by atoms with Crippen molar-refractivity contribution in [1.29, 1.82) is 0 Å². The van der Waals surface area contributed by atoms with E-state index in [1.807, 2.05) is 6.92 Å². The molecule has 5 rings (SSSR count). The second kappa shape index (κ2) is 13.5. The molecule has 0 unspecified atom stereocenters. The molecule has 46 heavy (non-hydrogen) atoms. The van der Waals surface area contributed by atoms with Crippen molar-refractivity contribution in [2.45, 2.75) is 90.8 Å². The van der Waals surface area contributed by atoms with Crippen LogP contribution in [0.3, 0.4) is 0 Å². The molecular weight excluding hydrogens is 614 g/mol. The van der Waals surface area contributed by atoms with Gasteiger partial charge in [0.2, 0.25) is 0 Å². The van der Waals surface area contributed by atoms with E-state index >= 15 is 0 Å². The number of halogens is 6. The fraction of sp³-hybridized carbons (Fsp3) is 0.562. The number of aliphatic carboxylic acids is 1. The predicted molar refractivity (Wildman–Crippen MR) is 159 cm³/mol. The van der Waals surface area contributed by atoms with E-state index in [1.54, 1.807) is 11.8 Å². The SMILES string of the molecule is CCN(CC1CCC(C(=O)O)CC1)c1cc2c(cc1CN(Cc1cc(C(F)(F)F)cc(C(F)(F)F)c1)c1nnn(CC)n1)CCC2. The molecule has 1 N–H and O–H groups in total. The summed E-state index contributed by atoms with van der Waals surface area (Å²) in [5.74, 6) is -0.698. The number of carboxylic acids is 1. The van der Waals surface area contributed by atoms with Gasteiger partial charge in [0, 0.05) is 31.9 Å². The lowest BCUT2D eigenvalue weighted by atomic mass is 9.81. The molecule has 1 fully saturated rings. The Labute approximate surface area is 263 Å². The van der Waals surface area contributed by atoms with E-state index in [2.05, 4.69) is 32.4 Å². The molecule has 2 aliphatic carbocycles. The van der Waals surface area contributed by atoms with Crippen molar-refractivity contribution in [2.75, 3.05) is 22.9 Å². The number of carboxylic acid groups (broad SMARTS) is 1. The predicted octanol–water partition coefficient (Wildman–Crippen LogP) is 7.14. The molecule has 0 amide bonds. The van der Waals surface area contributed by atoms with Crippen molar-refractivity contribution in [2.24, 2.45) is 11.8 Å². The number of rotatable bonds is 11. The second-order valence-electron chi connectivity index (χ2n) is 12.2. The molecular formula is C32H38F6N6O2. The summed E-state index contributed by atoms with van der Waals surface area (Å²) in [6.45, 7) is 5.38. The number of benzene rings is 2. The number of fused-ring (bicyclic) bond motifs is 1. The van der Waals surface area contributed by atoms with Gasteiger partial charge in [-0.3, -0.25) is 4.79 Å². The Morgan fingerprint density at radius 3 is 2.07 bits per heavy atom. The van der Waals surface area contributed by atoms with Crippen LogP contribution in [0.5, 0.6) is 0 Å². The summed E-state index contributed by atoms with van der Waals surface area (Å²) >= 11 is 0. The third kappa shape index (κ3) is 7.75. The fourth-order valence-corrected chi connectivity index (χ4v) is 6.61. The van der Waals surface area contributed by atoms with Crippen LogP contribution in [-0.2, 0) is 49.6 Å². The van der Waals surface area contributed by atoms with E-state index in [0.29, 0.717) is 38.4 Å². The molecule has 1 aromatic heterocycles. The van der Waals surface area contributed by atoms with Gasteiger partial charge >= 0.3 is 18.3 Å². The van der Waals surface area contributed by atoms with Gasteiger partial charge in [0.25, 0.3) is 5.95 Å². The topological polar surface area (TPSA) is 87.4 Å². The summed E-state index contributed by atoms with van der Waals surface area (Å²) in [5, 5.41) is 21.9. The largest absolute Gasteiger partial charge is 0.481 e. The summed E-state index contributed by atoms with van der Waals surface area (Å²) in [6.07, 6.45) is -4.32. The maximum atomic E-state index is 13.7. The third-order valence-corrected chi connectivity index (χ3v) is 9.08. The molecule has 2 aliphatic rings. The fourth-order valence-electron chi connectivity index (χ4n) is 6.61. The van der Waals surface area contributed by atoms with Gasteiger partial charge < -0.3 is 14.9 Å². The van der Waals surface area contributed by atoms with Gasteiger partial charge in [-0.2, -0.15) is 31.1 Å². The number of nitrogens with zero attached hydrogens (tertiary/aromatic N) is 6. The maximum Gasteiger partial charge on any atom is 0.416 e. The van der Waals surface area contributed by atoms with E-state index in [4.69, 9.17) is 0 Å². The Kier molecular flexibility index (Phi) is 9.83. The van der Waals surface area contributed by atoms with E-state index in [9.17, 15) is 36.2 Å². The van der Waals surface area contributed by atoms with Crippen LogP contribution in [0.15, 0.2) is 30.3 Å². The molecule has 8 nitrogen and oxygen atoms in total. The minimum absolute atomic E-state index is 0.0920. The molecule has 1 saturated carbocycles. The lowest BCUT2D eigenvalue weighted by Crippen LogP contribution is -2.34. The summed E-state index contributed by atoms with van der Waals surface area (Å²) < 4.78 is 82.2. The van der Waals surface area contributed by atoms with Gasteiger partial charge in [-0.05, 0) is 116 Å². The van der Waals surface area contributed by atoms with Crippen LogP contribution in [0.1, 0.15) is 79.3 Å². The van der Waals surface area contributed by atoms with Crippen LogP contribution in [-0.4, -0.2) is 44.4 Å². The molecule has 0 aliphatic heterocycles. The molecule has 0 bridgehead atoms. The monoisotopic (exact) mass is 652 g/mol. The van der Waals surface area contributed by atoms with Crippen LogP contribution < -0.4 is 9.80 Å². The number of hydrogen-bond acceptors (Lipinski definition) is 6. The minimum Gasteiger partial charge on any atom is -0.481 e. The molecule has 1 heterocycles. The zero-order valence-corrected chi connectivity index (χ0v) is 25.8. The average molecular weight is 653 g/mol. The number of aromatic nitrogens is 4. The van der Waals surface area contributed by atoms with Gasteiger partial charge in [-0.1, -0.05) is 11.2 Å². The molecule has 3 aromatic rings. The quantitative estimate of drug-likeness (QED) is 0.220. The average Bonchev–Trinajstić information content (AvgIpc) is 3.68. The van der Waals surface area contributed by atoms with Crippen LogP contribution >= 0.6 is 0 Å². The van der Waals surface area contributed by atoms with Gasteiger partial charge in [0.05, 0.1) is 23.6 Å². The summed E-state index contributed by atoms with van der Waals surface area (Å²) in [7, 11) is 0. The van der Waals surface area contributed by atoms with Crippen LogP contribution in [0.2, 0.25) is 0 Å². The first-order chi connectivity index (χ1) is 21.7. The van der Waals surface area contributed by atoms with Crippen molar-refractivity contribution in [1.82, 2.24) is 20.2 Å². The number of anilines is 2. The normalized spacial score (nSPS) is 18.4. The molecule has 0 spiro atoms. The van der Waals surface area contributed by atoms with Crippen molar-refractivity contribution in [3.05, 3.63) is 63.7 Å². The Morgan fingerprint density at radius 1 is 0.891 bits per heavy atom. The molecule has 2 aromatic carbocycles. The first kappa shape index (κ1) is 33.5. The zero-order valence-electron chi connectivity index (χ0n) is 25.8. The van der Waals surface area contributed by atoms with Gasteiger partial charge in [0.1, 0.15) is 0 Å². The number of alkyl halides is 6. The zero-order chi connectivity index (χ0) is 33.2. The first-order valence-corrected chi connectivity index (χ1v) is 15.7. The maximum absolute atomic E-state index is 13.7. The first-order valence-electron chi connectivity index (χ1n) is 15.7. The third-order valence-electron chi connectivity index (χ3n) is 9.08. The number of carbonyl (C=O) groups is 1. The number of hydrogen-bond donors (Lipinski definition) is 1. The number of tetrazole rings is 1. The smallest absolute Gasteiger partial charge is 0.416 e. The van der Waals surface area contributed by atoms with Gasteiger partial charge in [-0.25, -0.2) is 0 Å². The highest BCUT2D eigenvalue weighted by atomic mass is 19.4. The van der Waals surface area contributed by atoms with Crippen molar-refractivity contribution in [3.63, 3.8) is 0 Å². The van der Waals surface area contributed by atoms with Gasteiger partial charge in [-0.15, -0.1) is 5.10 Å². The van der Waals surface area contributed by atoms with Crippen molar-refractivity contribution < 1.29 is 36.2 Å². The molecule has 0 atom stereocenters. The van der Waals surface area contributed by atoms with Crippen molar-refractivity contribution >= 4 is 17.6 Å². The van der Waals surface area contributed by atoms with Crippen LogP contribution in [0.25, 0.3) is 0 Å². The van der Waals surface area contributed by atoms with Gasteiger partial charge in [0.15, 0.2) is 0 Å². The molecule has 0 saturated heterocycles. The van der Waals surface area contributed by atoms with Crippen LogP contribution in [0.4, 0.5) is 38.0 Å². The molecule has 14 heteroatoms. The van der Waals surface area contributed by atoms with E-state index < -0.39 is 29.4 Å². The Balaban J connectivity index is 1.51. The van der Waals surface area contributed by atoms with Crippen LogP contribution in [0, 0.1) is 11.8 Å².